The molecule has 0 bridgehead atoms. The Bertz CT molecular complexity index is 624. The quantitative estimate of drug-likeness (QED) is 0.831. The van der Waals surface area contributed by atoms with E-state index in [1.54, 1.807) is 6.20 Å². The van der Waals surface area contributed by atoms with E-state index in [0.717, 1.165) is 32.7 Å². The molecule has 1 aliphatic carbocycles. The van der Waals surface area contributed by atoms with Crippen LogP contribution in [0.25, 0.3) is 11.5 Å². The number of aromatic nitrogens is 3. The highest BCUT2D eigenvalue weighted by molar-refractivity contribution is 9.11. The normalized spacial score (nSPS) is 14.3. The number of hydrogen-bond acceptors (Lipinski definition) is 4. The second-order valence-electron chi connectivity index (χ2n) is 4.76. The van der Waals surface area contributed by atoms with Gasteiger partial charge in [0.1, 0.15) is 11.5 Å². The molecule has 0 amide bonds. The van der Waals surface area contributed by atoms with Gasteiger partial charge in [-0.2, -0.15) is 0 Å². The lowest BCUT2D eigenvalue weighted by atomic mass is 10.2. The lowest BCUT2D eigenvalue weighted by Crippen LogP contribution is -2.06. The van der Waals surface area contributed by atoms with Gasteiger partial charge < -0.3 is 5.32 Å². The largest absolute Gasteiger partial charge is 0.369 e. The van der Waals surface area contributed by atoms with Crippen molar-refractivity contribution in [2.75, 3.05) is 11.9 Å². The molecule has 2 aromatic rings. The Kier molecular flexibility index (Phi) is 4.03. The average Bonchev–Trinajstić information content (AvgIpc) is 3.27. The van der Waals surface area contributed by atoms with Crippen LogP contribution in [-0.4, -0.2) is 21.5 Å². The summed E-state index contributed by atoms with van der Waals surface area (Å²) in [5.41, 5.74) is 1.89. The minimum atomic E-state index is 0.555. The number of rotatable bonds is 4. The molecule has 0 unspecified atom stereocenters. The van der Waals surface area contributed by atoms with Crippen LogP contribution in [0.3, 0.4) is 0 Å². The number of nitrogens with zero attached hydrogens (tertiary/aromatic N) is 3. The highest BCUT2D eigenvalue weighted by Gasteiger charge is 2.29. The molecule has 0 atom stereocenters. The smallest absolute Gasteiger partial charge is 0.180 e. The maximum atomic E-state index is 4.70. The fraction of sp³-hybridized carbons (Fsp3) is 0.357. The van der Waals surface area contributed by atoms with Crippen molar-refractivity contribution in [1.29, 1.82) is 0 Å². The Morgan fingerprint density at radius 3 is 2.65 bits per heavy atom. The molecule has 1 N–H and O–H groups in total. The summed E-state index contributed by atoms with van der Waals surface area (Å²) in [6.45, 7) is 2.88. The van der Waals surface area contributed by atoms with Crippen molar-refractivity contribution in [3.63, 3.8) is 0 Å². The van der Waals surface area contributed by atoms with Gasteiger partial charge in [-0.3, -0.25) is 4.98 Å². The molecule has 2 heterocycles. The number of hydrogen-bond donors (Lipinski definition) is 1. The molecule has 4 nitrogen and oxygen atoms in total. The third-order valence-electron chi connectivity index (χ3n) is 3.14. The standard InChI is InChI=1S/C14H14Br2N4/c1-2-17-14-11(16)12(8-3-4-8)19-13(20-14)10-6-5-9(15)7-18-10/h5-8H,2-4H2,1H3,(H,17,19,20). The Hall–Kier alpha value is -1.01. The van der Waals surface area contributed by atoms with Crippen molar-refractivity contribution in [2.45, 2.75) is 25.7 Å². The fourth-order valence-electron chi connectivity index (χ4n) is 2.00. The molecule has 1 aliphatic rings. The van der Waals surface area contributed by atoms with Gasteiger partial charge in [0.05, 0.1) is 10.2 Å². The lowest BCUT2D eigenvalue weighted by molar-refractivity contribution is 0.968. The van der Waals surface area contributed by atoms with E-state index in [1.165, 1.54) is 12.8 Å². The minimum Gasteiger partial charge on any atom is -0.369 e. The fourth-order valence-corrected chi connectivity index (χ4v) is 2.87. The number of halogens is 2. The van der Waals surface area contributed by atoms with E-state index >= 15 is 0 Å². The molecule has 20 heavy (non-hydrogen) atoms. The third kappa shape index (κ3) is 2.86. The van der Waals surface area contributed by atoms with E-state index < -0.39 is 0 Å². The van der Waals surface area contributed by atoms with E-state index in [4.69, 9.17) is 4.98 Å². The lowest BCUT2D eigenvalue weighted by Gasteiger charge is -2.11. The molecule has 1 saturated carbocycles. The molecular formula is C14H14Br2N4. The number of nitrogens with one attached hydrogen (secondary N) is 1. The summed E-state index contributed by atoms with van der Waals surface area (Å²) >= 11 is 7.02. The van der Waals surface area contributed by atoms with Crippen LogP contribution in [0.15, 0.2) is 27.3 Å². The molecule has 2 aromatic heterocycles. The predicted molar refractivity (Wildman–Crippen MR) is 86.8 cm³/mol. The van der Waals surface area contributed by atoms with Gasteiger partial charge in [-0.15, -0.1) is 0 Å². The molecule has 3 rings (SSSR count). The van der Waals surface area contributed by atoms with Gasteiger partial charge in [0.25, 0.3) is 0 Å². The minimum absolute atomic E-state index is 0.555. The summed E-state index contributed by atoms with van der Waals surface area (Å²) in [5, 5.41) is 3.29. The van der Waals surface area contributed by atoms with Gasteiger partial charge in [-0.05, 0) is 63.8 Å². The second-order valence-corrected chi connectivity index (χ2v) is 6.47. The third-order valence-corrected chi connectivity index (χ3v) is 4.39. The summed E-state index contributed by atoms with van der Waals surface area (Å²) in [6, 6.07) is 3.89. The van der Waals surface area contributed by atoms with E-state index in [1.807, 2.05) is 12.1 Å². The monoisotopic (exact) mass is 396 g/mol. The van der Waals surface area contributed by atoms with Gasteiger partial charge in [-0.25, -0.2) is 9.97 Å². The first-order valence-corrected chi connectivity index (χ1v) is 8.21. The SMILES string of the molecule is CCNc1nc(-c2ccc(Br)cn2)nc(C2CC2)c1Br. The first-order valence-electron chi connectivity index (χ1n) is 6.62. The van der Waals surface area contributed by atoms with Crippen molar-refractivity contribution in [1.82, 2.24) is 15.0 Å². The van der Waals surface area contributed by atoms with Gasteiger partial charge in [0, 0.05) is 23.1 Å². The van der Waals surface area contributed by atoms with Crippen molar-refractivity contribution >= 4 is 37.7 Å². The molecule has 0 aliphatic heterocycles. The van der Waals surface area contributed by atoms with E-state index in [0.29, 0.717) is 11.7 Å². The van der Waals surface area contributed by atoms with Crippen molar-refractivity contribution < 1.29 is 0 Å². The second kappa shape index (κ2) is 5.77. The van der Waals surface area contributed by atoms with Gasteiger partial charge in [0.15, 0.2) is 5.82 Å². The van der Waals surface area contributed by atoms with Crippen LogP contribution in [0, 0.1) is 0 Å². The van der Waals surface area contributed by atoms with Crippen LogP contribution in [0.5, 0.6) is 0 Å². The summed E-state index contributed by atoms with van der Waals surface area (Å²) in [5.74, 6) is 2.08. The van der Waals surface area contributed by atoms with Crippen LogP contribution in [0.1, 0.15) is 31.4 Å². The molecular weight excluding hydrogens is 384 g/mol. The highest BCUT2D eigenvalue weighted by Crippen LogP contribution is 2.44. The number of anilines is 1. The van der Waals surface area contributed by atoms with Crippen molar-refractivity contribution in [3.8, 4) is 11.5 Å². The zero-order valence-corrected chi connectivity index (χ0v) is 14.2. The van der Waals surface area contributed by atoms with E-state index in [9.17, 15) is 0 Å². The zero-order chi connectivity index (χ0) is 14.1. The molecule has 104 valence electrons. The van der Waals surface area contributed by atoms with Crippen LogP contribution in [0.2, 0.25) is 0 Å². The van der Waals surface area contributed by atoms with Crippen LogP contribution < -0.4 is 5.32 Å². The summed E-state index contributed by atoms with van der Waals surface area (Å²) in [7, 11) is 0. The Morgan fingerprint density at radius 1 is 1.25 bits per heavy atom. The van der Waals surface area contributed by atoms with Crippen LogP contribution in [-0.2, 0) is 0 Å². The molecule has 0 spiro atoms. The maximum Gasteiger partial charge on any atom is 0.180 e. The first-order chi connectivity index (χ1) is 9.69. The van der Waals surface area contributed by atoms with Gasteiger partial charge >= 0.3 is 0 Å². The molecule has 0 aromatic carbocycles. The Labute approximate surface area is 134 Å². The van der Waals surface area contributed by atoms with Crippen molar-refractivity contribution in [2.24, 2.45) is 0 Å². The average molecular weight is 398 g/mol. The molecule has 6 heteroatoms. The van der Waals surface area contributed by atoms with Crippen LogP contribution in [0.4, 0.5) is 5.82 Å². The summed E-state index contributed by atoms with van der Waals surface area (Å²) < 4.78 is 1.94. The van der Waals surface area contributed by atoms with Crippen LogP contribution >= 0.6 is 31.9 Å². The van der Waals surface area contributed by atoms with E-state index in [2.05, 4.69) is 54.1 Å². The summed E-state index contributed by atoms with van der Waals surface area (Å²) in [6.07, 6.45) is 4.17. The number of pyridine rings is 1. The first kappa shape index (κ1) is 13.9. The topological polar surface area (TPSA) is 50.7 Å². The maximum absolute atomic E-state index is 4.70. The molecule has 1 fully saturated rings. The van der Waals surface area contributed by atoms with E-state index in [-0.39, 0.29) is 0 Å². The zero-order valence-electron chi connectivity index (χ0n) is 11.0. The molecule has 0 radical (unpaired) electrons. The van der Waals surface area contributed by atoms with Gasteiger partial charge in [0.2, 0.25) is 0 Å². The predicted octanol–water partition coefficient (Wildman–Crippen LogP) is 4.37. The van der Waals surface area contributed by atoms with Crippen molar-refractivity contribution in [3.05, 3.63) is 33.0 Å². The van der Waals surface area contributed by atoms with Gasteiger partial charge in [-0.1, -0.05) is 0 Å². The summed E-state index contributed by atoms with van der Waals surface area (Å²) in [4.78, 5) is 13.7. The molecule has 0 saturated heterocycles. The Morgan fingerprint density at radius 2 is 2.05 bits per heavy atom. The Balaban J connectivity index is 2.07. The highest BCUT2D eigenvalue weighted by atomic mass is 79.9.